The van der Waals surface area contributed by atoms with E-state index in [0.29, 0.717) is 16.4 Å². The fourth-order valence-electron chi connectivity index (χ4n) is 1.88. The lowest BCUT2D eigenvalue weighted by Crippen LogP contribution is -2.00. The maximum Gasteiger partial charge on any atom is 0.193 e. The van der Waals surface area contributed by atoms with E-state index < -0.39 is 5.82 Å². The van der Waals surface area contributed by atoms with Crippen molar-refractivity contribution in [1.29, 1.82) is 0 Å². The lowest BCUT2D eigenvalue weighted by molar-refractivity contribution is 0.608. The first-order chi connectivity index (χ1) is 9.13. The summed E-state index contributed by atoms with van der Waals surface area (Å²) in [5, 5.41) is 0.840. The van der Waals surface area contributed by atoms with E-state index in [-0.39, 0.29) is 10.8 Å². The Morgan fingerprint density at radius 3 is 2.47 bits per heavy atom. The number of fused-ring (bicyclic) bond motifs is 1. The molecule has 94 valence electrons. The van der Waals surface area contributed by atoms with Crippen LogP contribution in [-0.4, -0.2) is 0 Å². The van der Waals surface area contributed by atoms with Crippen molar-refractivity contribution in [3.8, 4) is 11.3 Å². The van der Waals surface area contributed by atoms with Crippen LogP contribution >= 0.6 is 11.6 Å². The van der Waals surface area contributed by atoms with Gasteiger partial charge in [0.15, 0.2) is 5.43 Å². The number of hydrogen-bond acceptors (Lipinski definition) is 2. The van der Waals surface area contributed by atoms with Crippen molar-refractivity contribution < 1.29 is 8.81 Å². The zero-order chi connectivity index (χ0) is 13.4. The third kappa shape index (κ3) is 2.25. The fourth-order valence-corrected chi connectivity index (χ4v) is 2.01. The van der Waals surface area contributed by atoms with Crippen LogP contribution in [0.25, 0.3) is 22.3 Å². The third-order valence-electron chi connectivity index (χ3n) is 2.82. The van der Waals surface area contributed by atoms with Gasteiger partial charge in [-0.05, 0) is 42.5 Å². The van der Waals surface area contributed by atoms with Crippen LogP contribution in [0.5, 0.6) is 0 Å². The molecule has 3 aromatic rings. The Morgan fingerprint density at radius 1 is 1.00 bits per heavy atom. The second kappa shape index (κ2) is 4.52. The number of rotatable bonds is 1. The Hall–Kier alpha value is -2.13. The van der Waals surface area contributed by atoms with Crippen molar-refractivity contribution in [2.24, 2.45) is 0 Å². The highest BCUT2D eigenvalue weighted by Crippen LogP contribution is 2.23. The van der Waals surface area contributed by atoms with Gasteiger partial charge in [-0.1, -0.05) is 11.6 Å². The average molecular weight is 275 g/mol. The van der Waals surface area contributed by atoms with Gasteiger partial charge in [-0.25, -0.2) is 4.39 Å². The molecule has 0 N–H and O–H groups in total. The predicted octanol–water partition coefficient (Wildman–Crippen LogP) is 4.25. The molecule has 0 fully saturated rings. The molecule has 0 spiro atoms. The van der Waals surface area contributed by atoms with Crippen molar-refractivity contribution >= 4 is 22.6 Å². The van der Waals surface area contributed by atoms with Crippen LogP contribution in [0, 0.1) is 5.82 Å². The molecule has 3 rings (SSSR count). The monoisotopic (exact) mass is 274 g/mol. The summed E-state index contributed by atoms with van der Waals surface area (Å²) >= 11 is 5.81. The SMILES string of the molecule is O=c1cc(-c2ccc(Cl)cc2)oc2ccc(F)cc12. The molecule has 0 aliphatic carbocycles. The van der Waals surface area contributed by atoms with Crippen molar-refractivity contribution in [3.63, 3.8) is 0 Å². The quantitative estimate of drug-likeness (QED) is 0.664. The summed E-state index contributed by atoms with van der Waals surface area (Å²) in [7, 11) is 0. The van der Waals surface area contributed by atoms with Crippen molar-refractivity contribution in [1.82, 2.24) is 0 Å². The fraction of sp³-hybridized carbons (Fsp3) is 0. The first-order valence-electron chi connectivity index (χ1n) is 5.63. The van der Waals surface area contributed by atoms with Crippen LogP contribution in [0.15, 0.2) is 57.7 Å². The van der Waals surface area contributed by atoms with Crippen molar-refractivity contribution in [2.75, 3.05) is 0 Å². The number of benzene rings is 2. The second-order valence-corrected chi connectivity index (χ2v) is 4.56. The average Bonchev–Trinajstić information content (AvgIpc) is 2.40. The van der Waals surface area contributed by atoms with Crippen LogP contribution in [0.3, 0.4) is 0 Å². The molecule has 0 bridgehead atoms. The van der Waals surface area contributed by atoms with Gasteiger partial charge in [-0.15, -0.1) is 0 Å². The van der Waals surface area contributed by atoms with Crippen LogP contribution in [-0.2, 0) is 0 Å². The van der Waals surface area contributed by atoms with Crippen LogP contribution < -0.4 is 5.43 Å². The van der Waals surface area contributed by atoms with Gasteiger partial charge in [0.05, 0.1) is 5.39 Å². The van der Waals surface area contributed by atoms with Gasteiger partial charge in [0.1, 0.15) is 17.2 Å². The van der Waals surface area contributed by atoms with Gasteiger partial charge in [0.25, 0.3) is 0 Å². The molecular formula is C15H8ClFO2. The Labute approximate surface area is 113 Å². The maximum absolute atomic E-state index is 13.1. The molecule has 0 saturated carbocycles. The van der Waals surface area contributed by atoms with Gasteiger partial charge >= 0.3 is 0 Å². The summed E-state index contributed by atoms with van der Waals surface area (Å²) in [6, 6.07) is 12.2. The minimum absolute atomic E-state index is 0.234. The summed E-state index contributed by atoms with van der Waals surface area (Å²) in [5.41, 5.74) is 0.831. The summed E-state index contributed by atoms with van der Waals surface area (Å²) in [5.74, 6) is -0.0279. The van der Waals surface area contributed by atoms with E-state index in [9.17, 15) is 9.18 Å². The number of halogens is 2. The maximum atomic E-state index is 13.1. The third-order valence-corrected chi connectivity index (χ3v) is 3.07. The number of hydrogen-bond donors (Lipinski definition) is 0. The molecule has 0 unspecified atom stereocenters. The molecule has 0 saturated heterocycles. The molecule has 0 amide bonds. The Balaban J connectivity index is 2.24. The van der Waals surface area contributed by atoms with Crippen molar-refractivity contribution in [2.45, 2.75) is 0 Å². The molecule has 0 atom stereocenters. The van der Waals surface area contributed by atoms with Gasteiger partial charge in [0, 0.05) is 16.7 Å². The summed E-state index contributed by atoms with van der Waals surface area (Å²) in [6.45, 7) is 0. The molecule has 2 nitrogen and oxygen atoms in total. The predicted molar refractivity (Wildman–Crippen MR) is 72.9 cm³/mol. The van der Waals surface area contributed by atoms with Gasteiger partial charge in [0.2, 0.25) is 0 Å². The zero-order valence-electron chi connectivity index (χ0n) is 9.69. The molecule has 4 heteroatoms. The van der Waals surface area contributed by atoms with Crippen molar-refractivity contribution in [3.05, 3.63) is 69.6 Å². The van der Waals surface area contributed by atoms with E-state index in [2.05, 4.69) is 0 Å². The minimum atomic E-state index is -0.459. The van der Waals surface area contributed by atoms with Crippen LogP contribution in [0.4, 0.5) is 4.39 Å². The highest BCUT2D eigenvalue weighted by molar-refractivity contribution is 6.30. The Bertz CT molecular complexity index is 806. The lowest BCUT2D eigenvalue weighted by Gasteiger charge is -2.03. The normalized spacial score (nSPS) is 10.8. The van der Waals surface area contributed by atoms with E-state index in [1.54, 1.807) is 24.3 Å². The van der Waals surface area contributed by atoms with E-state index in [4.69, 9.17) is 16.0 Å². The topological polar surface area (TPSA) is 30.2 Å². The first kappa shape index (κ1) is 11.9. The second-order valence-electron chi connectivity index (χ2n) is 4.12. The lowest BCUT2D eigenvalue weighted by atomic mass is 10.1. The largest absolute Gasteiger partial charge is 0.456 e. The Kier molecular flexibility index (Phi) is 2.84. The van der Waals surface area contributed by atoms with Gasteiger partial charge in [-0.2, -0.15) is 0 Å². The van der Waals surface area contributed by atoms with E-state index in [1.807, 2.05) is 0 Å². The van der Waals surface area contributed by atoms with Gasteiger partial charge < -0.3 is 4.42 Å². The molecule has 2 aromatic carbocycles. The molecule has 19 heavy (non-hydrogen) atoms. The standard InChI is InChI=1S/C15H8ClFO2/c16-10-3-1-9(2-4-10)15-8-13(18)12-7-11(17)5-6-14(12)19-15/h1-8H. The van der Waals surface area contributed by atoms with Crippen LogP contribution in [0.2, 0.25) is 5.02 Å². The molecular weight excluding hydrogens is 267 g/mol. The molecule has 1 aromatic heterocycles. The molecule has 0 aliphatic rings. The minimum Gasteiger partial charge on any atom is -0.456 e. The molecule has 0 radical (unpaired) electrons. The van der Waals surface area contributed by atoms with E-state index >= 15 is 0 Å². The Morgan fingerprint density at radius 2 is 1.74 bits per heavy atom. The van der Waals surface area contributed by atoms with Crippen LogP contribution in [0.1, 0.15) is 0 Å². The zero-order valence-corrected chi connectivity index (χ0v) is 10.4. The highest BCUT2D eigenvalue weighted by Gasteiger charge is 2.07. The smallest absolute Gasteiger partial charge is 0.193 e. The highest BCUT2D eigenvalue weighted by atomic mass is 35.5. The summed E-state index contributed by atoms with van der Waals surface area (Å²) < 4.78 is 18.7. The molecule has 1 heterocycles. The van der Waals surface area contributed by atoms with E-state index in [0.717, 1.165) is 5.56 Å². The first-order valence-corrected chi connectivity index (χ1v) is 6.01. The summed E-state index contributed by atoms with van der Waals surface area (Å²) in [6.07, 6.45) is 0. The van der Waals surface area contributed by atoms with Gasteiger partial charge in [-0.3, -0.25) is 4.79 Å². The van der Waals surface area contributed by atoms with E-state index in [1.165, 1.54) is 24.3 Å². The summed E-state index contributed by atoms with van der Waals surface area (Å²) in [4.78, 5) is 11.9. The molecule has 0 aliphatic heterocycles.